The van der Waals surface area contributed by atoms with Gasteiger partial charge in [-0.1, -0.05) is 30.3 Å². The number of amides is 2. The molecule has 4 rings (SSSR count). The quantitative estimate of drug-likeness (QED) is 0.488. The van der Waals surface area contributed by atoms with Crippen molar-refractivity contribution in [2.24, 2.45) is 0 Å². The van der Waals surface area contributed by atoms with Crippen LogP contribution in [0.3, 0.4) is 0 Å². The van der Waals surface area contributed by atoms with E-state index in [1.54, 1.807) is 6.07 Å². The van der Waals surface area contributed by atoms with Gasteiger partial charge in [-0.25, -0.2) is 0 Å². The predicted molar refractivity (Wildman–Crippen MR) is 99.0 cm³/mol. The van der Waals surface area contributed by atoms with Crippen molar-refractivity contribution in [3.8, 4) is 0 Å². The van der Waals surface area contributed by atoms with Crippen molar-refractivity contribution in [3.05, 3.63) is 71.8 Å². The largest absolute Gasteiger partial charge is 0.318 e. The number of hydroxylamine groups is 2. The summed E-state index contributed by atoms with van der Waals surface area (Å²) in [6.45, 7) is 0. The second-order valence-corrected chi connectivity index (χ2v) is 8.98. The van der Waals surface area contributed by atoms with Crippen molar-refractivity contribution >= 4 is 42.8 Å². The van der Waals surface area contributed by atoms with Gasteiger partial charge >= 0.3 is 10.1 Å². The van der Waals surface area contributed by atoms with E-state index in [9.17, 15) is 31.0 Å². The first-order valence-corrected chi connectivity index (χ1v) is 10.9. The molecule has 29 heavy (non-hydrogen) atoms. The number of hydrogen-bond acceptors (Lipinski definition) is 7. The zero-order chi connectivity index (χ0) is 21.0. The molecule has 0 saturated carbocycles. The van der Waals surface area contributed by atoms with Crippen LogP contribution in [0.5, 0.6) is 0 Å². The summed E-state index contributed by atoms with van der Waals surface area (Å²) in [7, 11) is -9.10. The van der Waals surface area contributed by atoms with E-state index in [0.717, 1.165) is 12.1 Å². The van der Waals surface area contributed by atoms with E-state index >= 15 is 0 Å². The average molecular weight is 433 g/mol. The van der Waals surface area contributed by atoms with Crippen LogP contribution in [0.1, 0.15) is 20.7 Å². The molecule has 0 unspecified atom stereocenters. The van der Waals surface area contributed by atoms with Crippen molar-refractivity contribution < 1.29 is 35.3 Å². The molecule has 0 fully saturated rings. The minimum Gasteiger partial charge on any atom is -0.282 e. The molecule has 148 valence electrons. The Labute approximate surface area is 165 Å². The summed E-state index contributed by atoms with van der Waals surface area (Å²) >= 11 is 0. The summed E-state index contributed by atoms with van der Waals surface area (Å²) in [5.74, 6) is -2.17. The maximum atomic E-state index is 12.8. The van der Waals surface area contributed by atoms with Crippen LogP contribution in [0.25, 0.3) is 10.8 Å². The third-order valence-electron chi connectivity index (χ3n) is 4.31. The molecule has 3 aromatic rings. The first kappa shape index (κ1) is 19.2. The van der Waals surface area contributed by atoms with Gasteiger partial charge in [0.05, 0.1) is 16.0 Å². The molecule has 1 N–H and O–H groups in total. The van der Waals surface area contributed by atoms with E-state index < -0.39 is 36.9 Å². The Hall–Kier alpha value is -3.12. The monoisotopic (exact) mass is 433 g/mol. The van der Waals surface area contributed by atoms with Crippen LogP contribution >= 0.6 is 0 Å². The Balaban J connectivity index is 1.87. The SMILES string of the molecule is O=C1c2cccc3c(S(=O)(=O)O)ccc(c23)C(=O)N1OS(=O)(=O)c1ccccc1. The summed E-state index contributed by atoms with van der Waals surface area (Å²) in [6, 6.07) is 13.0. The molecule has 0 atom stereocenters. The fourth-order valence-electron chi connectivity index (χ4n) is 3.07. The van der Waals surface area contributed by atoms with E-state index in [1.807, 2.05) is 0 Å². The third kappa shape index (κ3) is 3.09. The first-order chi connectivity index (χ1) is 13.6. The Bertz CT molecular complexity index is 1370. The molecular weight excluding hydrogens is 422 g/mol. The lowest BCUT2D eigenvalue weighted by Crippen LogP contribution is -2.41. The molecule has 1 heterocycles. The third-order valence-corrected chi connectivity index (χ3v) is 6.42. The standard InChI is InChI=1S/C18H11NO8S2/c20-17-13-8-4-7-12-15(28(22,23)24)10-9-14(16(12)13)18(21)19(17)27-29(25,26)11-5-2-1-3-6-11/h1-10H,(H,22,23,24). The van der Waals surface area contributed by atoms with Gasteiger partial charge in [-0.2, -0.15) is 16.8 Å². The minimum atomic E-state index is -4.62. The van der Waals surface area contributed by atoms with Crippen molar-refractivity contribution in [2.75, 3.05) is 0 Å². The van der Waals surface area contributed by atoms with Gasteiger partial charge in [-0.15, -0.1) is 9.35 Å². The van der Waals surface area contributed by atoms with E-state index in [4.69, 9.17) is 4.28 Å². The fourth-order valence-corrected chi connectivity index (χ4v) is 4.66. The van der Waals surface area contributed by atoms with Crippen LogP contribution in [0, 0.1) is 0 Å². The molecule has 9 nitrogen and oxygen atoms in total. The lowest BCUT2D eigenvalue weighted by Gasteiger charge is -2.25. The number of carbonyl (C=O) groups is 2. The summed E-state index contributed by atoms with van der Waals surface area (Å²) < 4.78 is 62.4. The molecular formula is C18H11NO8S2. The van der Waals surface area contributed by atoms with Crippen LogP contribution < -0.4 is 0 Å². The van der Waals surface area contributed by atoms with Gasteiger partial charge in [0, 0.05) is 10.8 Å². The molecule has 0 saturated heterocycles. The predicted octanol–water partition coefficient (Wildman–Crippen LogP) is 2.00. The second kappa shape index (κ2) is 6.46. The molecule has 11 heteroatoms. The van der Waals surface area contributed by atoms with Crippen molar-refractivity contribution in [2.45, 2.75) is 9.79 Å². The van der Waals surface area contributed by atoms with Gasteiger partial charge in [0.2, 0.25) is 0 Å². The molecule has 0 spiro atoms. The number of imide groups is 1. The Morgan fingerprint density at radius 3 is 2.00 bits per heavy atom. The summed E-state index contributed by atoms with van der Waals surface area (Å²) in [4.78, 5) is 24.8. The van der Waals surface area contributed by atoms with E-state index in [2.05, 4.69) is 0 Å². The van der Waals surface area contributed by atoms with Crippen molar-refractivity contribution in [3.63, 3.8) is 0 Å². The van der Waals surface area contributed by atoms with Gasteiger partial charge in [0.25, 0.3) is 21.9 Å². The van der Waals surface area contributed by atoms with Crippen LogP contribution in [0.4, 0.5) is 0 Å². The van der Waals surface area contributed by atoms with Crippen LogP contribution in [-0.4, -0.2) is 38.3 Å². The first-order valence-electron chi connectivity index (χ1n) is 8.03. The zero-order valence-corrected chi connectivity index (χ0v) is 16.0. The molecule has 3 aromatic carbocycles. The number of nitrogens with zero attached hydrogens (tertiary/aromatic N) is 1. The highest BCUT2D eigenvalue weighted by atomic mass is 32.2. The van der Waals surface area contributed by atoms with Crippen LogP contribution in [-0.2, 0) is 24.5 Å². The van der Waals surface area contributed by atoms with Crippen LogP contribution in [0.15, 0.2) is 70.5 Å². The topological polar surface area (TPSA) is 135 Å². The van der Waals surface area contributed by atoms with Gasteiger partial charge < -0.3 is 0 Å². The van der Waals surface area contributed by atoms with E-state index in [-0.39, 0.29) is 31.9 Å². The second-order valence-electron chi connectivity index (χ2n) is 6.06. The fraction of sp³-hybridized carbons (Fsp3) is 0. The van der Waals surface area contributed by atoms with Crippen molar-refractivity contribution in [1.29, 1.82) is 0 Å². The highest BCUT2D eigenvalue weighted by Crippen LogP contribution is 2.34. The number of carbonyl (C=O) groups excluding carboxylic acids is 2. The highest BCUT2D eigenvalue weighted by Gasteiger charge is 2.38. The molecule has 2 amide bonds. The smallest absolute Gasteiger partial charge is 0.282 e. The summed E-state index contributed by atoms with van der Waals surface area (Å²) in [5.41, 5.74) is -0.295. The number of hydrogen-bond donors (Lipinski definition) is 1. The van der Waals surface area contributed by atoms with Crippen molar-refractivity contribution in [1.82, 2.24) is 5.06 Å². The Morgan fingerprint density at radius 1 is 0.759 bits per heavy atom. The van der Waals surface area contributed by atoms with Gasteiger partial charge in [-0.05, 0) is 30.3 Å². The average Bonchev–Trinajstić information content (AvgIpc) is 2.68. The lowest BCUT2D eigenvalue weighted by atomic mass is 9.95. The zero-order valence-electron chi connectivity index (χ0n) is 14.3. The maximum Gasteiger partial charge on any atom is 0.318 e. The van der Waals surface area contributed by atoms with Crippen LogP contribution in [0.2, 0.25) is 0 Å². The summed E-state index contributed by atoms with van der Waals surface area (Å²) in [6.07, 6.45) is 0. The highest BCUT2D eigenvalue weighted by molar-refractivity contribution is 7.86. The molecule has 0 bridgehead atoms. The molecule has 1 aliphatic rings. The molecule has 0 aromatic heterocycles. The Morgan fingerprint density at radius 2 is 1.38 bits per heavy atom. The molecule has 0 aliphatic carbocycles. The minimum absolute atomic E-state index is 0.0189. The van der Waals surface area contributed by atoms with E-state index in [1.165, 1.54) is 42.5 Å². The summed E-state index contributed by atoms with van der Waals surface area (Å²) in [5, 5.41) is 0.0522. The van der Waals surface area contributed by atoms with Gasteiger partial charge in [-0.3, -0.25) is 14.1 Å². The van der Waals surface area contributed by atoms with E-state index in [0.29, 0.717) is 0 Å². The van der Waals surface area contributed by atoms with Gasteiger partial charge in [0.15, 0.2) is 0 Å². The maximum absolute atomic E-state index is 12.8. The normalized spacial score (nSPS) is 14.4. The Kier molecular flexibility index (Phi) is 4.28. The number of benzene rings is 3. The molecule has 1 aliphatic heterocycles. The molecule has 0 radical (unpaired) electrons. The number of rotatable bonds is 4. The van der Waals surface area contributed by atoms with Gasteiger partial charge in [0.1, 0.15) is 4.90 Å². The lowest BCUT2D eigenvalue weighted by molar-refractivity contribution is -0.0155.